The van der Waals surface area contributed by atoms with Crippen LogP contribution in [0.15, 0.2) is 54.6 Å². The molecular weight excluding hydrogens is 615 g/mol. The number of halogens is 1. The van der Waals surface area contributed by atoms with Crippen molar-refractivity contribution in [2.24, 2.45) is 11.7 Å². The number of nitrogens with one attached hydrogen (secondary N) is 3. The summed E-state index contributed by atoms with van der Waals surface area (Å²) in [5, 5.41) is 8.24. The summed E-state index contributed by atoms with van der Waals surface area (Å²) in [4.78, 5) is 51.0. The van der Waals surface area contributed by atoms with Crippen LogP contribution >= 0.6 is 35.2 Å². The van der Waals surface area contributed by atoms with Gasteiger partial charge >= 0.3 is 0 Å². The second kappa shape index (κ2) is 16.4. The topological polar surface area (TPSA) is 130 Å². The van der Waals surface area contributed by atoms with Crippen LogP contribution in [0.1, 0.15) is 44.2 Å². The Bertz CT molecular complexity index is 1070. The Morgan fingerprint density at radius 2 is 1.42 bits per heavy atom. The summed E-state index contributed by atoms with van der Waals surface area (Å²) in [6, 6.07) is 14.5. The lowest BCUT2D eigenvalue weighted by Crippen LogP contribution is -2.57. The van der Waals surface area contributed by atoms with Gasteiger partial charge in [0.1, 0.15) is 18.1 Å². The van der Waals surface area contributed by atoms with E-state index in [4.69, 9.17) is 5.73 Å². The molecule has 0 aromatic heterocycles. The Morgan fingerprint density at radius 1 is 0.816 bits per heavy atom. The van der Waals surface area contributed by atoms with Gasteiger partial charge in [-0.1, -0.05) is 56.3 Å². The zero-order valence-electron chi connectivity index (χ0n) is 21.8. The molecule has 5 N–H and O–H groups in total. The lowest BCUT2D eigenvalue weighted by Gasteiger charge is -2.25. The quantitative estimate of drug-likeness (QED) is 0.150. The van der Waals surface area contributed by atoms with E-state index in [-0.39, 0.29) is 24.5 Å². The molecule has 8 nitrogen and oxygen atoms in total. The summed E-state index contributed by atoms with van der Waals surface area (Å²) in [6.07, 6.45) is 2.14. The smallest absolute Gasteiger partial charge is 0.243 e. The van der Waals surface area contributed by atoms with E-state index in [9.17, 15) is 19.2 Å². The Balaban J connectivity index is 2.16. The minimum atomic E-state index is -0.980. The Kier molecular flexibility index (Phi) is 13.6. The molecule has 0 aliphatic carbocycles. The summed E-state index contributed by atoms with van der Waals surface area (Å²) >= 11 is 6.28. The number of rotatable bonds is 15. The van der Waals surface area contributed by atoms with E-state index in [0.717, 1.165) is 14.7 Å². The molecule has 0 bridgehead atoms. The number of primary amides is 1. The molecule has 10 heteroatoms. The molecule has 2 aromatic carbocycles. The van der Waals surface area contributed by atoms with Crippen LogP contribution in [0.5, 0.6) is 0 Å². The molecule has 4 amide bonds. The number of benzene rings is 2. The van der Waals surface area contributed by atoms with Crippen LogP contribution in [-0.4, -0.2) is 47.5 Å². The van der Waals surface area contributed by atoms with Crippen LogP contribution in [-0.2, 0) is 32.0 Å². The van der Waals surface area contributed by atoms with Crippen molar-refractivity contribution in [3.8, 4) is 0 Å². The van der Waals surface area contributed by atoms with Gasteiger partial charge in [0, 0.05) is 22.2 Å². The van der Waals surface area contributed by atoms with E-state index >= 15 is 0 Å². The van der Waals surface area contributed by atoms with Gasteiger partial charge in [0.25, 0.3) is 0 Å². The molecule has 2 rings (SSSR count). The van der Waals surface area contributed by atoms with Crippen molar-refractivity contribution in [1.29, 1.82) is 0 Å². The summed E-state index contributed by atoms with van der Waals surface area (Å²) < 4.78 is 1.03. The highest BCUT2D eigenvalue weighted by molar-refractivity contribution is 14.1. The van der Waals surface area contributed by atoms with Crippen molar-refractivity contribution >= 4 is 58.8 Å². The Labute approximate surface area is 243 Å². The summed E-state index contributed by atoms with van der Waals surface area (Å²) in [5.74, 6) is -1.60. The maximum Gasteiger partial charge on any atom is 0.243 e. The first-order valence-corrected chi connectivity index (χ1v) is 14.4. The average Bonchev–Trinajstić information content (AvgIpc) is 2.89. The molecule has 2 aromatic rings. The predicted octanol–water partition coefficient (Wildman–Crippen LogP) is 2.77. The largest absolute Gasteiger partial charge is 0.368 e. The molecule has 206 valence electrons. The van der Waals surface area contributed by atoms with Gasteiger partial charge in [-0.25, -0.2) is 0 Å². The number of nitrogens with two attached hydrogens (primary N) is 1. The minimum absolute atomic E-state index is 0.0275. The molecule has 0 aliphatic rings. The first-order chi connectivity index (χ1) is 18.1. The maximum absolute atomic E-state index is 13.4. The molecule has 0 radical (unpaired) electrons. The fourth-order valence-electron chi connectivity index (χ4n) is 3.75. The number of hydrogen-bond donors (Lipinski definition) is 5. The van der Waals surface area contributed by atoms with E-state index in [2.05, 4.69) is 51.2 Å². The van der Waals surface area contributed by atoms with Gasteiger partial charge in [-0.15, -0.1) is 0 Å². The fraction of sp³-hybridized carbons (Fsp3) is 0.429. The normalized spacial score (nSPS) is 13.3. The average molecular weight is 653 g/mol. The van der Waals surface area contributed by atoms with Crippen LogP contribution in [0.4, 0.5) is 0 Å². The van der Waals surface area contributed by atoms with Crippen molar-refractivity contribution < 1.29 is 19.2 Å². The third-order valence-electron chi connectivity index (χ3n) is 6.00. The highest BCUT2D eigenvalue weighted by Crippen LogP contribution is 2.12. The molecule has 0 saturated heterocycles. The monoisotopic (exact) mass is 652 g/mol. The van der Waals surface area contributed by atoms with Crippen LogP contribution in [0, 0.1) is 9.49 Å². The van der Waals surface area contributed by atoms with Crippen LogP contribution in [0.2, 0.25) is 0 Å². The molecule has 0 heterocycles. The number of carbonyl (C=O) groups is 4. The number of aryl methyl sites for hydroxylation is 1. The van der Waals surface area contributed by atoms with Crippen molar-refractivity contribution in [2.45, 2.75) is 64.1 Å². The molecule has 3 atom stereocenters. The second-order valence-corrected chi connectivity index (χ2v) is 11.2. The molecule has 0 unspecified atom stereocenters. The first-order valence-electron chi connectivity index (χ1n) is 12.7. The SMILES string of the molecule is CC(C)CC[C@H](NC(=O)CCc1ccccc1)C(=O)N[C@@H](Cc1ccc(I)cc1)C(=O)N[C@@H](CS)C(N)=O. The molecule has 0 aliphatic heterocycles. The Morgan fingerprint density at radius 3 is 2.00 bits per heavy atom. The zero-order chi connectivity index (χ0) is 28.1. The van der Waals surface area contributed by atoms with Gasteiger partial charge < -0.3 is 21.7 Å². The fourth-order valence-corrected chi connectivity index (χ4v) is 4.39. The molecule has 0 spiro atoms. The summed E-state index contributed by atoms with van der Waals surface area (Å²) in [7, 11) is 0. The van der Waals surface area contributed by atoms with Crippen molar-refractivity contribution in [1.82, 2.24) is 16.0 Å². The first kappa shape index (κ1) is 31.6. The maximum atomic E-state index is 13.4. The molecule has 0 fully saturated rings. The number of carbonyl (C=O) groups excluding carboxylic acids is 4. The van der Waals surface area contributed by atoms with E-state index < -0.39 is 35.8 Å². The number of thiol groups is 1. The van der Waals surface area contributed by atoms with Crippen LogP contribution in [0.25, 0.3) is 0 Å². The van der Waals surface area contributed by atoms with Crippen LogP contribution < -0.4 is 21.7 Å². The van der Waals surface area contributed by atoms with Gasteiger partial charge in [-0.2, -0.15) is 12.6 Å². The Hall–Kier alpha value is -2.60. The molecule has 0 saturated carbocycles. The van der Waals surface area contributed by atoms with Crippen molar-refractivity contribution in [3.05, 3.63) is 69.3 Å². The van der Waals surface area contributed by atoms with E-state index in [1.807, 2.05) is 68.4 Å². The molecule has 38 heavy (non-hydrogen) atoms. The van der Waals surface area contributed by atoms with Gasteiger partial charge in [0.15, 0.2) is 0 Å². The van der Waals surface area contributed by atoms with Crippen molar-refractivity contribution in [3.63, 3.8) is 0 Å². The van der Waals surface area contributed by atoms with E-state index in [1.54, 1.807) is 0 Å². The minimum Gasteiger partial charge on any atom is -0.368 e. The van der Waals surface area contributed by atoms with Gasteiger partial charge in [0.2, 0.25) is 23.6 Å². The lowest BCUT2D eigenvalue weighted by atomic mass is 10.0. The van der Waals surface area contributed by atoms with Crippen molar-refractivity contribution in [2.75, 3.05) is 5.75 Å². The zero-order valence-corrected chi connectivity index (χ0v) is 24.8. The van der Waals surface area contributed by atoms with Crippen LogP contribution in [0.3, 0.4) is 0 Å². The third kappa shape index (κ3) is 11.4. The van der Waals surface area contributed by atoms with E-state index in [0.29, 0.717) is 25.2 Å². The lowest BCUT2D eigenvalue weighted by molar-refractivity contribution is -0.133. The number of hydrogen-bond acceptors (Lipinski definition) is 5. The third-order valence-corrected chi connectivity index (χ3v) is 7.08. The van der Waals surface area contributed by atoms with Gasteiger partial charge in [-0.3, -0.25) is 19.2 Å². The standard InChI is InChI=1S/C28H37IN4O4S/c1-18(2)8-14-22(31-25(34)15-11-19-6-4-3-5-7-19)27(36)32-23(16-20-9-12-21(29)13-10-20)28(37)33-24(17-38)26(30)35/h3-7,9-10,12-13,18,22-24,38H,8,11,14-17H2,1-2H3,(H2,30,35)(H,31,34)(H,32,36)(H,33,37)/t22-,23-,24-/m0/s1. The predicted molar refractivity (Wildman–Crippen MR) is 161 cm³/mol. The second-order valence-electron chi connectivity index (χ2n) is 9.61. The van der Waals surface area contributed by atoms with Gasteiger partial charge in [0.05, 0.1) is 0 Å². The summed E-state index contributed by atoms with van der Waals surface area (Å²) in [6.45, 7) is 4.08. The highest BCUT2D eigenvalue weighted by Gasteiger charge is 2.29. The highest BCUT2D eigenvalue weighted by atomic mass is 127. The summed E-state index contributed by atoms with van der Waals surface area (Å²) in [5.41, 5.74) is 7.24. The van der Waals surface area contributed by atoms with Gasteiger partial charge in [-0.05, 0) is 71.0 Å². The molecular formula is C28H37IN4O4S. The number of amides is 4. The van der Waals surface area contributed by atoms with E-state index in [1.165, 1.54) is 0 Å².